The van der Waals surface area contributed by atoms with Crippen LogP contribution in [0.3, 0.4) is 0 Å². The van der Waals surface area contributed by atoms with Crippen LogP contribution in [0, 0.1) is 5.41 Å². The van der Waals surface area contributed by atoms with Crippen LogP contribution in [0.4, 0.5) is 0 Å². The Hall–Kier alpha value is -1.68. The number of nitrogens with one attached hydrogen (secondary N) is 1. The molecule has 1 fully saturated rings. The van der Waals surface area contributed by atoms with Crippen molar-refractivity contribution >= 4 is 0 Å². The third kappa shape index (κ3) is 2.16. The number of aryl methyl sites for hydroxylation is 1. The van der Waals surface area contributed by atoms with E-state index in [-0.39, 0.29) is 0 Å². The summed E-state index contributed by atoms with van der Waals surface area (Å²) in [6, 6.07) is 10.7. The zero-order valence-electron chi connectivity index (χ0n) is 10.6. The molecule has 2 aromatic rings. The predicted molar refractivity (Wildman–Crippen MR) is 70.2 cm³/mol. The molecule has 1 N–H and O–H groups in total. The molecule has 1 aliphatic rings. The highest BCUT2D eigenvalue weighted by atomic mass is 15.3. The second kappa shape index (κ2) is 4.53. The molecule has 0 atom stereocenters. The zero-order chi connectivity index (χ0) is 12.4. The molecule has 0 aliphatic carbocycles. The molecule has 0 spiro atoms. The lowest BCUT2D eigenvalue weighted by atomic mass is 9.73. The van der Waals surface area contributed by atoms with Crippen molar-refractivity contribution in [3.63, 3.8) is 0 Å². The molecular formula is C14H18N4. The Kier molecular flexibility index (Phi) is 2.88. The van der Waals surface area contributed by atoms with Crippen LogP contribution < -0.4 is 5.32 Å². The van der Waals surface area contributed by atoms with Crippen LogP contribution in [0.5, 0.6) is 0 Å². The lowest BCUT2D eigenvalue weighted by Gasteiger charge is -2.42. The summed E-state index contributed by atoms with van der Waals surface area (Å²) >= 11 is 0. The Morgan fingerprint density at radius 3 is 2.56 bits per heavy atom. The minimum absolute atomic E-state index is 0.308. The molecule has 4 heteroatoms. The normalized spacial score (nSPS) is 17.4. The van der Waals surface area contributed by atoms with E-state index in [0.717, 1.165) is 31.8 Å². The van der Waals surface area contributed by atoms with Gasteiger partial charge in [-0.1, -0.05) is 30.3 Å². The van der Waals surface area contributed by atoms with Crippen LogP contribution in [0.25, 0.3) is 0 Å². The topological polar surface area (TPSA) is 42.7 Å². The number of aromatic nitrogens is 3. The Morgan fingerprint density at radius 1 is 1.22 bits per heavy atom. The van der Waals surface area contributed by atoms with Gasteiger partial charge in [-0.3, -0.25) is 4.68 Å². The fourth-order valence-corrected chi connectivity index (χ4v) is 2.64. The summed E-state index contributed by atoms with van der Waals surface area (Å²) < 4.78 is 1.88. The van der Waals surface area contributed by atoms with Crippen LogP contribution in [-0.2, 0) is 19.9 Å². The van der Waals surface area contributed by atoms with E-state index in [1.165, 1.54) is 5.56 Å². The van der Waals surface area contributed by atoms with E-state index < -0.39 is 0 Å². The van der Waals surface area contributed by atoms with Crippen LogP contribution in [0.15, 0.2) is 36.7 Å². The summed E-state index contributed by atoms with van der Waals surface area (Å²) in [4.78, 5) is 4.35. The van der Waals surface area contributed by atoms with Gasteiger partial charge in [0.25, 0.3) is 0 Å². The van der Waals surface area contributed by atoms with Gasteiger partial charge in [-0.15, -0.1) is 0 Å². The maximum absolute atomic E-state index is 4.35. The molecule has 4 nitrogen and oxygen atoms in total. The van der Waals surface area contributed by atoms with Crippen molar-refractivity contribution in [3.8, 4) is 0 Å². The first-order chi connectivity index (χ1) is 8.77. The van der Waals surface area contributed by atoms with Crippen molar-refractivity contribution in [2.45, 2.75) is 12.8 Å². The first kappa shape index (κ1) is 11.4. The summed E-state index contributed by atoms with van der Waals surface area (Å²) in [5, 5.41) is 7.55. The smallest absolute Gasteiger partial charge is 0.138 e. The monoisotopic (exact) mass is 242 g/mol. The highest BCUT2D eigenvalue weighted by Gasteiger charge is 2.38. The van der Waals surface area contributed by atoms with E-state index in [1.54, 1.807) is 6.33 Å². The summed E-state index contributed by atoms with van der Waals surface area (Å²) in [5.41, 5.74) is 1.71. The van der Waals surface area contributed by atoms with Crippen molar-refractivity contribution in [2.24, 2.45) is 12.5 Å². The van der Waals surface area contributed by atoms with Crippen LogP contribution in [0.1, 0.15) is 11.4 Å². The Morgan fingerprint density at radius 2 is 2.00 bits per heavy atom. The van der Waals surface area contributed by atoms with Gasteiger partial charge in [0.1, 0.15) is 12.2 Å². The average Bonchev–Trinajstić information content (AvgIpc) is 2.73. The van der Waals surface area contributed by atoms with Gasteiger partial charge in [-0.05, 0) is 12.0 Å². The second-order valence-electron chi connectivity index (χ2n) is 5.24. The summed E-state index contributed by atoms with van der Waals surface area (Å²) in [7, 11) is 1.96. The van der Waals surface area contributed by atoms with Crippen molar-refractivity contribution in [2.75, 3.05) is 13.1 Å². The number of nitrogens with zero attached hydrogens (tertiary/aromatic N) is 3. The first-order valence-corrected chi connectivity index (χ1v) is 6.35. The fraction of sp³-hybridized carbons (Fsp3) is 0.429. The molecule has 1 aromatic heterocycles. The Bertz CT molecular complexity index is 514. The third-order valence-electron chi connectivity index (χ3n) is 3.76. The number of rotatable bonds is 4. The number of benzene rings is 1. The second-order valence-corrected chi connectivity index (χ2v) is 5.24. The van der Waals surface area contributed by atoms with Crippen molar-refractivity contribution in [3.05, 3.63) is 48.0 Å². The van der Waals surface area contributed by atoms with Crippen LogP contribution >= 0.6 is 0 Å². The molecule has 0 radical (unpaired) electrons. The van der Waals surface area contributed by atoms with E-state index in [0.29, 0.717) is 5.41 Å². The van der Waals surface area contributed by atoms with Crippen molar-refractivity contribution < 1.29 is 0 Å². The largest absolute Gasteiger partial charge is 0.315 e. The van der Waals surface area contributed by atoms with Gasteiger partial charge in [0.2, 0.25) is 0 Å². The van der Waals surface area contributed by atoms with Gasteiger partial charge < -0.3 is 5.32 Å². The summed E-state index contributed by atoms with van der Waals surface area (Å²) in [6.45, 7) is 2.13. The maximum Gasteiger partial charge on any atom is 0.138 e. The highest BCUT2D eigenvalue weighted by Crippen LogP contribution is 2.31. The van der Waals surface area contributed by atoms with E-state index in [1.807, 2.05) is 11.7 Å². The lowest BCUT2D eigenvalue weighted by Crippen LogP contribution is -2.56. The quantitative estimate of drug-likeness (QED) is 0.875. The average molecular weight is 242 g/mol. The van der Waals surface area contributed by atoms with E-state index in [4.69, 9.17) is 0 Å². The Balaban J connectivity index is 1.77. The van der Waals surface area contributed by atoms with Crippen molar-refractivity contribution in [1.29, 1.82) is 0 Å². The minimum atomic E-state index is 0.308. The molecule has 18 heavy (non-hydrogen) atoms. The third-order valence-corrected chi connectivity index (χ3v) is 3.76. The van der Waals surface area contributed by atoms with Gasteiger partial charge in [0.15, 0.2) is 0 Å². The van der Waals surface area contributed by atoms with E-state index >= 15 is 0 Å². The van der Waals surface area contributed by atoms with Gasteiger partial charge in [0.05, 0.1) is 0 Å². The molecular weight excluding hydrogens is 224 g/mol. The van der Waals surface area contributed by atoms with Gasteiger partial charge in [-0.25, -0.2) is 4.98 Å². The minimum Gasteiger partial charge on any atom is -0.315 e. The standard InChI is InChI=1S/C14H18N4/c1-18-13(16-11-17-18)8-14(9-15-10-14)7-12-5-3-2-4-6-12/h2-6,11,15H,7-10H2,1H3. The van der Waals surface area contributed by atoms with Gasteiger partial charge >= 0.3 is 0 Å². The van der Waals surface area contributed by atoms with Crippen molar-refractivity contribution in [1.82, 2.24) is 20.1 Å². The van der Waals surface area contributed by atoms with Crippen LogP contribution in [-0.4, -0.2) is 27.9 Å². The summed E-state index contributed by atoms with van der Waals surface area (Å²) in [5.74, 6) is 1.08. The molecule has 94 valence electrons. The SMILES string of the molecule is Cn1ncnc1CC1(Cc2ccccc2)CNC1. The number of hydrogen-bond acceptors (Lipinski definition) is 3. The number of hydrogen-bond donors (Lipinski definition) is 1. The summed E-state index contributed by atoms with van der Waals surface area (Å²) in [6.07, 6.45) is 3.73. The highest BCUT2D eigenvalue weighted by molar-refractivity contribution is 5.19. The Labute approximate surface area is 107 Å². The fourth-order valence-electron chi connectivity index (χ4n) is 2.64. The van der Waals surface area contributed by atoms with Gasteiger partial charge in [-0.2, -0.15) is 5.10 Å². The van der Waals surface area contributed by atoms with E-state index in [2.05, 4.69) is 45.7 Å². The van der Waals surface area contributed by atoms with Crippen LogP contribution in [0.2, 0.25) is 0 Å². The zero-order valence-corrected chi connectivity index (χ0v) is 10.6. The molecule has 1 aliphatic heterocycles. The lowest BCUT2D eigenvalue weighted by molar-refractivity contribution is 0.161. The first-order valence-electron chi connectivity index (χ1n) is 6.35. The molecule has 0 amide bonds. The molecule has 1 aromatic carbocycles. The van der Waals surface area contributed by atoms with E-state index in [9.17, 15) is 0 Å². The molecule has 1 saturated heterocycles. The molecule has 2 heterocycles. The molecule has 0 saturated carbocycles. The predicted octanol–water partition coefficient (Wildman–Crippen LogP) is 1.19. The maximum atomic E-state index is 4.35. The van der Waals surface area contributed by atoms with Gasteiger partial charge in [0, 0.05) is 32.0 Å². The molecule has 3 rings (SSSR count). The molecule has 0 bridgehead atoms. The molecule has 0 unspecified atom stereocenters.